The predicted molar refractivity (Wildman–Crippen MR) is 129 cm³/mol. The highest BCUT2D eigenvalue weighted by atomic mass is 79.9. The van der Waals surface area contributed by atoms with Gasteiger partial charge < -0.3 is 15.2 Å². The van der Waals surface area contributed by atoms with Gasteiger partial charge in [0.05, 0.1) is 20.1 Å². The van der Waals surface area contributed by atoms with Crippen LogP contribution in [0.4, 0.5) is 5.69 Å². The number of aromatic hydroxyl groups is 1. The zero-order valence-corrected chi connectivity index (χ0v) is 19.5. The van der Waals surface area contributed by atoms with Gasteiger partial charge in [0.2, 0.25) is 0 Å². The topological polar surface area (TPSA) is 58.6 Å². The van der Waals surface area contributed by atoms with Gasteiger partial charge in [0.15, 0.2) is 0 Å². The minimum atomic E-state index is -0.539. The third kappa shape index (κ3) is 4.60. The van der Waals surface area contributed by atoms with Crippen molar-refractivity contribution in [3.8, 4) is 17.2 Å². The Bertz CT molecular complexity index is 1330. The Hall–Kier alpha value is -2.44. The Labute approximate surface area is 201 Å². The summed E-state index contributed by atoms with van der Waals surface area (Å²) in [6.45, 7) is 0. The normalized spacial score (nSPS) is 10.8. The number of hydrogen-bond donors (Lipinski definition) is 2. The van der Waals surface area contributed by atoms with Crippen LogP contribution in [0.15, 0.2) is 71.2 Å². The Balaban J connectivity index is 1.56. The standard InChI is InChI=1S/C23H13BrCl3NO3/c24-17-10-13(25)9-16(22(17)29)23(30)28-14-6-8-19(18(26)11-14)31-20-7-5-12-3-1-2-4-15(12)21(20)27/h1-11,29H,(H,28,30). The van der Waals surface area contributed by atoms with Crippen LogP contribution in [-0.4, -0.2) is 11.0 Å². The third-order valence-electron chi connectivity index (χ3n) is 4.51. The van der Waals surface area contributed by atoms with Crippen molar-refractivity contribution in [2.24, 2.45) is 0 Å². The number of phenolic OH excluding ortho intramolecular Hbond substituents is 1. The van der Waals surface area contributed by atoms with Crippen molar-refractivity contribution in [1.82, 2.24) is 0 Å². The van der Waals surface area contributed by atoms with E-state index in [4.69, 9.17) is 39.5 Å². The Morgan fingerprint density at radius 2 is 1.68 bits per heavy atom. The number of benzene rings is 4. The van der Waals surface area contributed by atoms with Crippen LogP contribution in [0.25, 0.3) is 10.8 Å². The summed E-state index contributed by atoms with van der Waals surface area (Å²) in [5.41, 5.74) is 0.446. The van der Waals surface area contributed by atoms with Gasteiger partial charge in [0.25, 0.3) is 5.91 Å². The monoisotopic (exact) mass is 535 g/mol. The van der Waals surface area contributed by atoms with Crippen LogP contribution in [0.2, 0.25) is 15.1 Å². The first-order valence-electron chi connectivity index (χ1n) is 8.97. The molecule has 0 unspecified atom stereocenters. The van der Waals surface area contributed by atoms with Crippen molar-refractivity contribution in [1.29, 1.82) is 0 Å². The Kier molecular flexibility index (Phi) is 6.30. The molecule has 0 fully saturated rings. The van der Waals surface area contributed by atoms with Gasteiger partial charge in [-0.05, 0) is 57.7 Å². The lowest BCUT2D eigenvalue weighted by atomic mass is 10.1. The molecule has 4 nitrogen and oxygen atoms in total. The van der Waals surface area contributed by atoms with E-state index in [2.05, 4.69) is 21.2 Å². The minimum absolute atomic E-state index is 0.0266. The second kappa shape index (κ2) is 8.97. The summed E-state index contributed by atoms with van der Waals surface area (Å²) in [5, 5.41) is 15.7. The van der Waals surface area contributed by atoms with Crippen LogP contribution in [0.3, 0.4) is 0 Å². The third-order valence-corrected chi connectivity index (χ3v) is 6.02. The number of carbonyl (C=O) groups is 1. The first-order valence-corrected chi connectivity index (χ1v) is 10.9. The van der Waals surface area contributed by atoms with Gasteiger partial charge in [-0.15, -0.1) is 0 Å². The van der Waals surface area contributed by atoms with Crippen LogP contribution in [0.1, 0.15) is 10.4 Å². The van der Waals surface area contributed by atoms with E-state index in [1.54, 1.807) is 24.3 Å². The molecule has 0 aliphatic heterocycles. The van der Waals surface area contributed by atoms with Crippen molar-refractivity contribution in [3.05, 3.63) is 91.8 Å². The molecule has 8 heteroatoms. The molecule has 4 aromatic rings. The summed E-state index contributed by atoms with van der Waals surface area (Å²) in [7, 11) is 0. The quantitative estimate of drug-likeness (QED) is 0.275. The number of phenols is 1. The highest BCUT2D eigenvalue weighted by molar-refractivity contribution is 9.10. The van der Waals surface area contributed by atoms with Crippen LogP contribution >= 0.6 is 50.7 Å². The highest BCUT2D eigenvalue weighted by Crippen LogP contribution is 2.38. The van der Waals surface area contributed by atoms with Crippen LogP contribution in [-0.2, 0) is 0 Å². The molecule has 0 saturated carbocycles. The molecular formula is C23H13BrCl3NO3. The van der Waals surface area contributed by atoms with Crippen molar-refractivity contribution in [3.63, 3.8) is 0 Å². The fourth-order valence-electron chi connectivity index (χ4n) is 3.01. The van der Waals surface area contributed by atoms with Gasteiger partial charge in [-0.3, -0.25) is 4.79 Å². The Morgan fingerprint density at radius 1 is 0.935 bits per heavy atom. The molecular weight excluding hydrogens is 525 g/mol. The zero-order chi connectivity index (χ0) is 22.1. The molecule has 0 atom stereocenters. The van der Waals surface area contributed by atoms with Gasteiger partial charge in [-0.1, -0.05) is 65.1 Å². The summed E-state index contributed by atoms with van der Waals surface area (Å²) in [5.74, 6) is 0.0971. The largest absolute Gasteiger partial charge is 0.506 e. The maximum Gasteiger partial charge on any atom is 0.259 e. The summed E-state index contributed by atoms with van der Waals surface area (Å²) < 4.78 is 6.22. The number of anilines is 1. The molecule has 0 aliphatic rings. The van der Waals surface area contributed by atoms with Crippen molar-refractivity contribution in [2.75, 3.05) is 5.32 Å². The highest BCUT2D eigenvalue weighted by Gasteiger charge is 2.16. The number of halogens is 4. The molecule has 1 amide bonds. The van der Waals surface area contributed by atoms with Gasteiger partial charge in [-0.2, -0.15) is 0 Å². The number of rotatable bonds is 4. The first-order chi connectivity index (χ1) is 14.8. The zero-order valence-electron chi connectivity index (χ0n) is 15.6. The van der Waals surface area contributed by atoms with Crippen LogP contribution < -0.4 is 10.1 Å². The molecule has 4 aromatic carbocycles. The molecule has 2 N–H and O–H groups in total. The number of carbonyl (C=O) groups excluding carboxylic acids is 1. The fourth-order valence-corrected chi connectivity index (χ4v) is 4.31. The molecule has 0 heterocycles. The number of nitrogens with one attached hydrogen (secondary N) is 1. The summed E-state index contributed by atoms with van der Waals surface area (Å²) in [6.07, 6.45) is 0. The fraction of sp³-hybridized carbons (Fsp3) is 0. The molecule has 0 aliphatic carbocycles. The summed E-state index contributed by atoms with van der Waals surface area (Å²) in [6, 6.07) is 19.1. The van der Waals surface area contributed by atoms with E-state index in [0.29, 0.717) is 31.7 Å². The van der Waals surface area contributed by atoms with E-state index in [0.717, 1.165) is 10.8 Å². The van der Waals surface area contributed by atoms with E-state index in [9.17, 15) is 9.90 Å². The second-order valence-electron chi connectivity index (χ2n) is 6.58. The number of amides is 1. The minimum Gasteiger partial charge on any atom is -0.506 e. The maximum atomic E-state index is 12.6. The van der Waals surface area contributed by atoms with E-state index >= 15 is 0 Å². The number of fused-ring (bicyclic) bond motifs is 1. The first kappa shape index (κ1) is 21.8. The lowest BCUT2D eigenvalue weighted by molar-refractivity contribution is 0.102. The lowest BCUT2D eigenvalue weighted by Gasteiger charge is -2.13. The van der Waals surface area contributed by atoms with Gasteiger partial charge in [-0.25, -0.2) is 0 Å². The molecule has 0 bridgehead atoms. The molecule has 0 saturated heterocycles. The second-order valence-corrected chi connectivity index (χ2v) is 8.66. The summed E-state index contributed by atoms with van der Waals surface area (Å²) >= 11 is 22.0. The van der Waals surface area contributed by atoms with Crippen molar-refractivity contribution >= 4 is 73.1 Å². The predicted octanol–water partition coefficient (Wildman–Crippen LogP) is 8.31. The van der Waals surface area contributed by atoms with Gasteiger partial charge in [0.1, 0.15) is 17.2 Å². The number of ether oxygens (including phenoxy) is 1. The Morgan fingerprint density at radius 3 is 2.45 bits per heavy atom. The molecule has 156 valence electrons. The molecule has 31 heavy (non-hydrogen) atoms. The number of hydrogen-bond acceptors (Lipinski definition) is 3. The average molecular weight is 538 g/mol. The van der Waals surface area contributed by atoms with Gasteiger partial charge >= 0.3 is 0 Å². The smallest absolute Gasteiger partial charge is 0.259 e. The SMILES string of the molecule is O=C(Nc1ccc(Oc2ccc3ccccc3c2Cl)c(Cl)c1)c1cc(Cl)cc(Br)c1O. The van der Waals surface area contributed by atoms with E-state index in [1.165, 1.54) is 12.1 Å². The van der Waals surface area contributed by atoms with Gasteiger partial charge in [0, 0.05) is 16.1 Å². The summed E-state index contributed by atoms with van der Waals surface area (Å²) in [4.78, 5) is 12.6. The van der Waals surface area contributed by atoms with Crippen LogP contribution in [0.5, 0.6) is 17.2 Å². The van der Waals surface area contributed by atoms with Crippen LogP contribution in [0, 0.1) is 0 Å². The van der Waals surface area contributed by atoms with Crippen molar-refractivity contribution in [2.45, 2.75) is 0 Å². The maximum absolute atomic E-state index is 12.6. The molecule has 0 aromatic heterocycles. The average Bonchev–Trinajstić information content (AvgIpc) is 2.74. The molecule has 0 radical (unpaired) electrons. The molecule has 0 spiro atoms. The van der Waals surface area contributed by atoms with E-state index < -0.39 is 5.91 Å². The van der Waals surface area contributed by atoms with Crippen molar-refractivity contribution < 1.29 is 14.6 Å². The lowest BCUT2D eigenvalue weighted by Crippen LogP contribution is -2.12. The van der Waals surface area contributed by atoms with E-state index in [1.807, 2.05) is 30.3 Å². The molecule has 4 rings (SSSR count). The van der Waals surface area contributed by atoms with E-state index in [-0.39, 0.29) is 16.3 Å².